The van der Waals surface area contributed by atoms with E-state index in [1.54, 1.807) is 6.26 Å². The molecule has 4 heteroatoms. The highest BCUT2D eigenvalue weighted by atomic mass is 32.1. The maximum absolute atomic E-state index is 5.28. The molecule has 14 heavy (non-hydrogen) atoms. The molecule has 0 aromatic carbocycles. The van der Waals surface area contributed by atoms with Crippen LogP contribution in [-0.2, 0) is 0 Å². The third-order valence-corrected chi connectivity index (χ3v) is 2.75. The molecule has 0 aliphatic carbocycles. The van der Waals surface area contributed by atoms with Crippen molar-refractivity contribution in [2.24, 2.45) is 0 Å². The van der Waals surface area contributed by atoms with Gasteiger partial charge in [0.1, 0.15) is 0 Å². The van der Waals surface area contributed by atoms with Crippen LogP contribution in [0, 0.1) is 0 Å². The summed E-state index contributed by atoms with van der Waals surface area (Å²) in [7, 11) is 0. The molecule has 0 saturated carbocycles. The van der Waals surface area contributed by atoms with E-state index < -0.39 is 0 Å². The van der Waals surface area contributed by atoms with Gasteiger partial charge in [-0.05, 0) is 37.5 Å². The molecule has 2 rings (SSSR count). The van der Waals surface area contributed by atoms with Crippen LogP contribution in [-0.4, -0.2) is 23.1 Å². The SMILES string of the molecule is S=C(Nc1ccco1)N1CCCCC1. The molecular weight excluding hydrogens is 196 g/mol. The summed E-state index contributed by atoms with van der Waals surface area (Å²) < 4.78 is 5.17. The lowest BCUT2D eigenvalue weighted by molar-refractivity contribution is 0.346. The lowest BCUT2D eigenvalue weighted by Crippen LogP contribution is -2.38. The average molecular weight is 210 g/mol. The quantitative estimate of drug-likeness (QED) is 0.721. The Morgan fingerprint density at radius 3 is 2.79 bits per heavy atom. The molecule has 1 N–H and O–H groups in total. The van der Waals surface area contributed by atoms with E-state index in [0.717, 1.165) is 24.1 Å². The van der Waals surface area contributed by atoms with E-state index in [-0.39, 0.29) is 0 Å². The van der Waals surface area contributed by atoms with Crippen LogP contribution in [0.4, 0.5) is 5.88 Å². The smallest absolute Gasteiger partial charge is 0.198 e. The number of thiocarbonyl (C=S) groups is 1. The first-order valence-corrected chi connectivity index (χ1v) is 5.36. The number of hydrogen-bond donors (Lipinski definition) is 1. The molecule has 0 unspecified atom stereocenters. The molecule has 1 aliphatic rings. The van der Waals surface area contributed by atoms with E-state index in [1.165, 1.54) is 19.3 Å². The van der Waals surface area contributed by atoms with Crippen molar-refractivity contribution in [3.8, 4) is 0 Å². The summed E-state index contributed by atoms with van der Waals surface area (Å²) in [6.07, 6.45) is 5.43. The second kappa shape index (κ2) is 4.46. The van der Waals surface area contributed by atoms with Crippen molar-refractivity contribution in [1.29, 1.82) is 0 Å². The maximum atomic E-state index is 5.28. The number of likely N-dealkylation sites (tertiary alicyclic amines) is 1. The summed E-state index contributed by atoms with van der Waals surface area (Å²) in [5, 5.41) is 3.86. The van der Waals surface area contributed by atoms with Gasteiger partial charge in [0.2, 0.25) is 0 Å². The summed E-state index contributed by atoms with van der Waals surface area (Å²) in [4.78, 5) is 2.20. The Morgan fingerprint density at radius 1 is 1.36 bits per heavy atom. The predicted octanol–water partition coefficient (Wildman–Crippen LogP) is 2.46. The fourth-order valence-corrected chi connectivity index (χ4v) is 1.91. The van der Waals surface area contributed by atoms with Crippen LogP contribution in [0.25, 0.3) is 0 Å². The number of piperidine rings is 1. The van der Waals surface area contributed by atoms with Crippen molar-refractivity contribution in [3.05, 3.63) is 18.4 Å². The molecular formula is C10H14N2OS. The Kier molecular flexibility index (Phi) is 3.03. The van der Waals surface area contributed by atoms with Gasteiger partial charge in [-0.25, -0.2) is 0 Å². The van der Waals surface area contributed by atoms with Crippen molar-refractivity contribution >= 4 is 23.2 Å². The molecule has 0 bridgehead atoms. The van der Waals surface area contributed by atoms with Gasteiger partial charge in [0, 0.05) is 19.2 Å². The van der Waals surface area contributed by atoms with Crippen molar-refractivity contribution in [3.63, 3.8) is 0 Å². The summed E-state index contributed by atoms with van der Waals surface area (Å²) in [5.74, 6) is 0.723. The van der Waals surface area contributed by atoms with Crippen LogP contribution in [0.5, 0.6) is 0 Å². The van der Waals surface area contributed by atoms with Gasteiger partial charge in [-0.15, -0.1) is 0 Å². The summed E-state index contributed by atoms with van der Waals surface area (Å²) in [6.45, 7) is 2.12. The molecule has 1 fully saturated rings. The number of nitrogens with zero attached hydrogens (tertiary/aromatic N) is 1. The van der Waals surface area contributed by atoms with Crippen LogP contribution in [0.1, 0.15) is 19.3 Å². The molecule has 0 spiro atoms. The first-order valence-electron chi connectivity index (χ1n) is 4.96. The van der Waals surface area contributed by atoms with Gasteiger partial charge in [-0.3, -0.25) is 0 Å². The largest absolute Gasteiger partial charge is 0.449 e. The molecule has 0 amide bonds. The Hall–Kier alpha value is -1.03. The maximum Gasteiger partial charge on any atom is 0.198 e. The zero-order valence-electron chi connectivity index (χ0n) is 8.03. The number of furan rings is 1. The highest BCUT2D eigenvalue weighted by molar-refractivity contribution is 7.80. The van der Waals surface area contributed by atoms with E-state index in [9.17, 15) is 0 Å². The fourth-order valence-electron chi connectivity index (χ4n) is 1.63. The average Bonchev–Trinajstić information content (AvgIpc) is 2.72. The predicted molar refractivity (Wildman–Crippen MR) is 60.4 cm³/mol. The molecule has 76 valence electrons. The van der Waals surface area contributed by atoms with Crippen molar-refractivity contribution in [2.45, 2.75) is 19.3 Å². The Balaban J connectivity index is 1.88. The first kappa shape index (κ1) is 9.52. The van der Waals surface area contributed by atoms with E-state index in [4.69, 9.17) is 16.6 Å². The van der Waals surface area contributed by atoms with Gasteiger partial charge in [0.25, 0.3) is 0 Å². The van der Waals surface area contributed by atoms with Crippen LogP contribution in [0.15, 0.2) is 22.8 Å². The van der Waals surface area contributed by atoms with Gasteiger partial charge in [-0.2, -0.15) is 0 Å². The lowest BCUT2D eigenvalue weighted by atomic mass is 10.1. The van der Waals surface area contributed by atoms with Crippen molar-refractivity contribution in [2.75, 3.05) is 18.4 Å². The third kappa shape index (κ3) is 2.26. The standard InChI is InChI=1S/C10H14N2OS/c14-10(11-9-5-4-8-13-9)12-6-2-1-3-7-12/h4-5,8H,1-3,6-7H2,(H,11,14). The molecule has 1 saturated heterocycles. The minimum Gasteiger partial charge on any atom is -0.449 e. The van der Waals surface area contributed by atoms with Crippen molar-refractivity contribution in [1.82, 2.24) is 4.90 Å². The van der Waals surface area contributed by atoms with Gasteiger partial charge in [0.15, 0.2) is 11.0 Å². The number of hydrogen-bond acceptors (Lipinski definition) is 2. The fraction of sp³-hybridized carbons (Fsp3) is 0.500. The van der Waals surface area contributed by atoms with Crippen LogP contribution < -0.4 is 5.32 Å². The molecule has 1 aromatic rings. The zero-order valence-corrected chi connectivity index (χ0v) is 8.85. The molecule has 1 aliphatic heterocycles. The molecule has 0 radical (unpaired) electrons. The molecule has 1 aromatic heterocycles. The van der Waals surface area contributed by atoms with Crippen LogP contribution >= 0.6 is 12.2 Å². The minimum atomic E-state index is 0.723. The Labute approximate surface area is 89.1 Å². The summed E-state index contributed by atoms with van der Waals surface area (Å²) in [6, 6.07) is 3.72. The monoisotopic (exact) mass is 210 g/mol. The summed E-state index contributed by atoms with van der Waals surface area (Å²) in [5.41, 5.74) is 0. The van der Waals surface area contributed by atoms with Gasteiger partial charge in [-0.1, -0.05) is 0 Å². The van der Waals surface area contributed by atoms with Gasteiger partial charge >= 0.3 is 0 Å². The second-order valence-corrected chi connectivity index (χ2v) is 3.84. The highest BCUT2D eigenvalue weighted by Crippen LogP contribution is 2.12. The normalized spacial score (nSPS) is 16.7. The topological polar surface area (TPSA) is 28.4 Å². The van der Waals surface area contributed by atoms with E-state index >= 15 is 0 Å². The zero-order chi connectivity index (χ0) is 9.80. The molecule has 3 nitrogen and oxygen atoms in total. The van der Waals surface area contributed by atoms with Crippen LogP contribution in [0.3, 0.4) is 0 Å². The third-order valence-electron chi connectivity index (χ3n) is 2.39. The lowest BCUT2D eigenvalue weighted by Gasteiger charge is -2.28. The van der Waals surface area contributed by atoms with Crippen LogP contribution in [0.2, 0.25) is 0 Å². The molecule has 2 heterocycles. The van der Waals surface area contributed by atoms with E-state index in [1.807, 2.05) is 12.1 Å². The second-order valence-electron chi connectivity index (χ2n) is 3.46. The van der Waals surface area contributed by atoms with E-state index in [2.05, 4.69) is 10.2 Å². The number of rotatable bonds is 1. The Bertz CT molecular complexity index is 291. The van der Waals surface area contributed by atoms with E-state index in [0.29, 0.717) is 0 Å². The minimum absolute atomic E-state index is 0.723. The number of anilines is 1. The van der Waals surface area contributed by atoms with Gasteiger partial charge in [0.05, 0.1) is 6.26 Å². The Morgan fingerprint density at radius 2 is 2.14 bits per heavy atom. The number of nitrogens with one attached hydrogen (secondary N) is 1. The first-order chi connectivity index (χ1) is 6.86. The molecule has 0 atom stereocenters. The highest BCUT2D eigenvalue weighted by Gasteiger charge is 2.13. The summed E-state index contributed by atoms with van der Waals surface area (Å²) >= 11 is 5.28. The van der Waals surface area contributed by atoms with Gasteiger partial charge < -0.3 is 14.6 Å². The van der Waals surface area contributed by atoms with Crippen molar-refractivity contribution < 1.29 is 4.42 Å².